The maximum absolute atomic E-state index is 10.2. The third kappa shape index (κ3) is 3.38. The third-order valence-corrected chi connectivity index (χ3v) is 6.71. The lowest BCUT2D eigenvalue weighted by molar-refractivity contribution is 0.260. The molecule has 152 valence electrons. The summed E-state index contributed by atoms with van der Waals surface area (Å²) in [4.78, 5) is 9.51. The van der Waals surface area contributed by atoms with Gasteiger partial charge in [0.05, 0.1) is 5.52 Å². The van der Waals surface area contributed by atoms with Crippen LogP contribution in [-0.2, 0) is 19.4 Å². The highest BCUT2D eigenvalue weighted by Gasteiger charge is 2.22. The first kappa shape index (κ1) is 18.5. The minimum absolute atomic E-state index is 0.409. The number of phenolic OH excluding ortho intramolecular Hbond substituents is 1. The molecule has 1 saturated heterocycles. The molecule has 29 heavy (non-hydrogen) atoms. The molecule has 0 aliphatic carbocycles. The SMILES string of the molecule is Cc1ccnc(N2CCN(CCc3c(C)n4c5c(cc(O)cc35)CCC4)CC2)c1. The molecule has 5 heteroatoms. The van der Waals surface area contributed by atoms with Crippen LogP contribution in [0, 0.1) is 13.8 Å². The Morgan fingerprint density at radius 1 is 1.03 bits per heavy atom. The second-order valence-corrected chi connectivity index (χ2v) is 8.59. The molecule has 3 aromatic rings. The molecule has 2 aromatic heterocycles. The van der Waals surface area contributed by atoms with Gasteiger partial charge in [0.25, 0.3) is 0 Å². The summed E-state index contributed by atoms with van der Waals surface area (Å²) in [7, 11) is 0. The fourth-order valence-corrected chi connectivity index (χ4v) is 5.13. The van der Waals surface area contributed by atoms with Crippen LogP contribution in [-0.4, -0.2) is 52.3 Å². The van der Waals surface area contributed by atoms with E-state index in [1.54, 1.807) is 0 Å². The van der Waals surface area contributed by atoms with Crippen molar-refractivity contribution in [3.05, 3.63) is 52.8 Å². The summed E-state index contributed by atoms with van der Waals surface area (Å²) in [5.41, 5.74) is 6.73. The number of nitrogens with zero attached hydrogens (tertiary/aromatic N) is 4. The van der Waals surface area contributed by atoms with Gasteiger partial charge in [-0.15, -0.1) is 0 Å². The minimum atomic E-state index is 0.409. The average Bonchev–Trinajstić information content (AvgIpc) is 2.99. The van der Waals surface area contributed by atoms with Crippen LogP contribution in [0.5, 0.6) is 5.75 Å². The summed E-state index contributed by atoms with van der Waals surface area (Å²) in [5, 5.41) is 11.5. The van der Waals surface area contributed by atoms with Crippen molar-refractivity contribution in [1.82, 2.24) is 14.5 Å². The van der Waals surface area contributed by atoms with Crippen molar-refractivity contribution in [1.29, 1.82) is 0 Å². The predicted octanol–water partition coefficient (Wildman–Crippen LogP) is 3.67. The maximum Gasteiger partial charge on any atom is 0.128 e. The van der Waals surface area contributed by atoms with Crippen LogP contribution in [0.4, 0.5) is 5.82 Å². The van der Waals surface area contributed by atoms with E-state index in [1.165, 1.54) is 33.3 Å². The lowest BCUT2D eigenvalue weighted by atomic mass is 10.0. The summed E-state index contributed by atoms with van der Waals surface area (Å²) in [6.45, 7) is 10.8. The quantitative estimate of drug-likeness (QED) is 0.738. The number of piperazine rings is 1. The van der Waals surface area contributed by atoms with Crippen molar-refractivity contribution >= 4 is 16.7 Å². The van der Waals surface area contributed by atoms with Gasteiger partial charge in [-0.2, -0.15) is 0 Å². The number of aryl methyl sites for hydroxylation is 3. The maximum atomic E-state index is 10.2. The fraction of sp³-hybridized carbons (Fsp3) is 0.458. The molecule has 5 nitrogen and oxygen atoms in total. The zero-order chi connectivity index (χ0) is 20.0. The highest BCUT2D eigenvalue weighted by Crippen LogP contribution is 2.35. The molecule has 0 bridgehead atoms. The molecule has 2 aliphatic rings. The van der Waals surface area contributed by atoms with E-state index in [9.17, 15) is 5.11 Å². The van der Waals surface area contributed by atoms with Crippen molar-refractivity contribution in [3.8, 4) is 5.75 Å². The number of benzene rings is 1. The zero-order valence-electron chi connectivity index (χ0n) is 17.5. The molecular formula is C24H30N4O. The number of hydrogen-bond acceptors (Lipinski definition) is 4. The molecule has 2 aliphatic heterocycles. The van der Waals surface area contributed by atoms with Gasteiger partial charge in [0.15, 0.2) is 0 Å². The molecular weight excluding hydrogens is 360 g/mol. The first-order chi connectivity index (χ1) is 14.1. The molecule has 0 saturated carbocycles. The number of pyridine rings is 1. The Morgan fingerprint density at radius 2 is 1.86 bits per heavy atom. The van der Waals surface area contributed by atoms with Gasteiger partial charge in [0, 0.05) is 56.5 Å². The van der Waals surface area contributed by atoms with Gasteiger partial charge in [0.1, 0.15) is 11.6 Å². The Labute approximate surface area is 172 Å². The first-order valence-electron chi connectivity index (χ1n) is 10.8. The Hall–Kier alpha value is -2.53. The van der Waals surface area contributed by atoms with Crippen LogP contribution >= 0.6 is 0 Å². The number of hydrogen-bond donors (Lipinski definition) is 1. The minimum Gasteiger partial charge on any atom is -0.508 e. The van der Waals surface area contributed by atoms with Crippen molar-refractivity contribution in [2.75, 3.05) is 37.6 Å². The van der Waals surface area contributed by atoms with Crippen LogP contribution in [0.2, 0.25) is 0 Å². The van der Waals surface area contributed by atoms with Crippen LogP contribution in [0.15, 0.2) is 30.5 Å². The smallest absolute Gasteiger partial charge is 0.128 e. The zero-order valence-corrected chi connectivity index (χ0v) is 17.5. The Bertz CT molecular complexity index is 1050. The number of aromatic nitrogens is 2. The van der Waals surface area contributed by atoms with Gasteiger partial charge >= 0.3 is 0 Å². The Balaban J connectivity index is 1.29. The van der Waals surface area contributed by atoms with Gasteiger partial charge in [-0.05, 0) is 74.1 Å². The van der Waals surface area contributed by atoms with E-state index in [4.69, 9.17) is 0 Å². The molecule has 5 rings (SSSR count). The van der Waals surface area contributed by atoms with Crippen molar-refractivity contribution in [3.63, 3.8) is 0 Å². The van der Waals surface area contributed by atoms with E-state index in [2.05, 4.69) is 45.3 Å². The topological polar surface area (TPSA) is 44.5 Å². The van der Waals surface area contributed by atoms with Gasteiger partial charge in [-0.25, -0.2) is 4.98 Å². The largest absolute Gasteiger partial charge is 0.508 e. The third-order valence-electron chi connectivity index (χ3n) is 6.71. The molecule has 4 heterocycles. The highest BCUT2D eigenvalue weighted by molar-refractivity contribution is 5.90. The summed E-state index contributed by atoms with van der Waals surface area (Å²) in [6.07, 6.45) is 5.19. The molecule has 1 fully saturated rings. The van der Waals surface area contributed by atoms with E-state index in [-0.39, 0.29) is 0 Å². The van der Waals surface area contributed by atoms with Crippen LogP contribution in [0.3, 0.4) is 0 Å². The van der Waals surface area contributed by atoms with E-state index in [0.717, 1.165) is 64.3 Å². The van der Waals surface area contributed by atoms with E-state index >= 15 is 0 Å². The standard InChI is InChI=1S/C24H30N4O/c1-17-5-7-25-23(14-17)27-12-10-26(11-13-27)9-6-21-18(2)28-8-3-4-19-15-20(29)16-22(21)24(19)28/h5,7,14-16,29H,3-4,6,8-13H2,1-2H3. The van der Waals surface area contributed by atoms with Crippen LogP contribution in [0.25, 0.3) is 10.9 Å². The second kappa shape index (κ2) is 7.38. The normalized spacial score (nSPS) is 17.2. The lowest BCUT2D eigenvalue weighted by Gasteiger charge is -2.35. The Kier molecular flexibility index (Phi) is 4.70. The number of phenols is 1. The molecule has 0 atom stereocenters. The van der Waals surface area contributed by atoms with Gasteiger partial charge in [-0.3, -0.25) is 4.90 Å². The summed E-state index contributed by atoms with van der Waals surface area (Å²) < 4.78 is 2.48. The Morgan fingerprint density at radius 3 is 2.66 bits per heavy atom. The first-order valence-corrected chi connectivity index (χ1v) is 10.8. The number of anilines is 1. The van der Waals surface area contributed by atoms with Crippen molar-refractivity contribution < 1.29 is 5.11 Å². The summed E-state index contributed by atoms with van der Waals surface area (Å²) >= 11 is 0. The fourth-order valence-electron chi connectivity index (χ4n) is 5.13. The monoisotopic (exact) mass is 390 g/mol. The van der Waals surface area contributed by atoms with Gasteiger partial charge in [-0.1, -0.05) is 0 Å². The molecule has 0 spiro atoms. The van der Waals surface area contributed by atoms with Crippen LogP contribution in [0.1, 0.15) is 28.8 Å². The van der Waals surface area contributed by atoms with E-state index < -0.39 is 0 Å². The second-order valence-electron chi connectivity index (χ2n) is 8.59. The number of rotatable bonds is 4. The van der Waals surface area contributed by atoms with E-state index in [0.29, 0.717) is 5.75 Å². The highest BCUT2D eigenvalue weighted by atomic mass is 16.3. The number of aromatic hydroxyl groups is 1. The average molecular weight is 391 g/mol. The van der Waals surface area contributed by atoms with Crippen molar-refractivity contribution in [2.45, 2.75) is 39.7 Å². The molecule has 0 unspecified atom stereocenters. The molecule has 1 N–H and O–H groups in total. The van der Waals surface area contributed by atoms with Crippen LogP contribution < -0.4 is 4.90 Å². The lowest BCUT2D eigenvalue weighted by Crippen LogP contribution is -2.47. The predicted molar refractivity (Wildman–Crippen MR) is 118 cm³/mol. The summed E-state index contributed by atoms with van der Waals surface area (Å²) in [6, 6.07) is 8.17. The van der Waals surface area contributed by atoms with E-state index in [1.807, 2.05) is 18.3 Å². The summed E-state index contributed by atoms with van der Waals surface area (Å²) in [5.74, 6) is 1.51. The van der Waals surface area contributed by atoms with Gasteiger partial charge in [0.2, 0.25) is 0 Å². The molecule has 1 aromatic carbocycles. The van der Waals surface area contributed by atoms with Crippen molar-refractivity contribution in [2.24, 2.45) is 0 Å². The molecule has 0 radical (unpaired) electrons. The van der Waals surface area contributed by atoms with Gasteiger partial charge < -0.3 is 14.6 Å². The molecule has 0 amide bonds.